The van der Waals surface area contributed by atoms with Crippen LogP contribution in [0.1, 0.15) is 18.4 Å². The number of nitrogens with zero attached hydrogens (tertiary/aromatic N) is 1. The molecule has 0 saturated carbocycles. The molecule has 3 heteroatoms. The molecule has 0 aliphatic carbocycles. The van der Waals surface area contributed by atoms with Crippen molar-refractivity contribution in [2.24, 2.45) is 0 Å². The van der Waals surface area contributed by atoms with E-state index in [2.05, 4.69) is 23.1 Å². The standard InChI is InChI=1S/C11H14N.BrH.Zn/c1-2-6-11(7-3-1)10-12-8-4-5-9-12;;/h2-3,6-7H,4-5,8-10H2;1H;/q-1;;. The molecule has 0 amide bonds. The average Bonchev–Trinajstić information content (AvgIpc) is 2.59. The van der Waals surface area contributed by atoms with Gasteiger partial charge >= 0.3 is 0 Å². The Bertz CT molecular complexity index is 234. The minimum atomic E-state index is 0. The van der Waals surface area contributed by atoms with Gasteiger partial charge in [0.15, 0.2) is 0 Å². The molecule has 1 fully saturated rings. The summed E-state index contributed by atoms with van der Waals surface area (Å²) in [6.45, 7) is 3.67. The van der Waals surface area contributed by atoms with Crippen molar-refractivity contribution in [1.82, 2.24) is 4.90 Å². The van der Waals surface area contributed by atoms with E-state index in [1.165, 1.54) is 31.5 Å². The van der Waals surface area contributed by atoms with Crippen molar-refractivity contribution in [2.45, 2.75) is 19.4 Å². The van der Waals surface area contributed by atoms with Gasteiger partial charge in [-0.15, -0.1) is 22.5 Å². The Morgan fingerprint density at radius 3 is 2.29 bits per heavy atom. The number of halogens is 1. The molecule has 0 radical (unpaired) electrons. The maximum Gasteiger partial charge on any atom is 0.00112 e. The monoisotopic (exact) mass is 304 g/mol. The predicted octanol–water partition coefficient (Wildman–Crippen LogP) is 2.66. The fourth-order valence-electron chi connectivity index (χ4n) is 1.73. The van der Waals surface area contributed by atoms with Gasteiger partial charge in [-0.05, 0) is 25.9 Å². The summed E-state index contributed by atoms with van der Waals surface area (Å²) in [4.78, 5) is 2.51. The minimum absolute atomic E-state index is 0. The molecule has 1 aliphatic rings. The van der Waals surface area contributed by atoms with Crippen molar-refractivity contribution in [1.29, 1.82) is 0 Å². The van der Waals surface area contributed by atoms with E-state index in [9.17, 15) is 0 Å². The SMILES string of the molecule is Br.[Zn].[c-]1ccc(CN2CCCC2)cc1. The van der Waals surface area contributed by atoms with Crippen molar-refractivity contribution >= 4 is 17.0 Å². The van der Waals surface area contributed by atoms with Crippen molar-refractivity contribution in [2.75, 3.05) is 13.1 Å². The van der Waals surface area contributed by atoms with E-state index in [0.29, 0.717) is 0 Å². The summed E-state index contributed by atoms with van der Waals surface area (Å²) >= 11 is 0. The van der Waals surface area contributed by atoms with Gasteiger partial charge in [0.1, 0.15) is 0 Å². The second-order valence-electron chi connectivity index (χ2n) is 3.39. The minimum Gasteiger partial charge on any atom is -0.301 e. The van der Waals surface area contributed by atoms with Crippen LogP contribution < -0.4 is 0 Å². The van der Waals surface area contributed by atoms with Gasteiger partial charge in [-0.3, -0.25) is 0 Å². The van der Waals surface area contributed by atoms with Crippen LogP contribution in [0.3, 0.4) is 0 Å². The normalized spacial score (nSPS) is 15.7. The van der Waals surface area contributed by atoms with Crippen LogP contribution in [-0.2, 0) is 26.0 Å². The first kappa shape index (κ1) is 14.3. The number of rotatable bonds is 2. The maximum atomic E-state index is 3.04. The number of hydrogen-bond donors (Lipinski definition) is 0. The Kier molecular flexibility index (Phi) is 7.71. The van der Waals surface area contributed by atoms with Gasteiger partial charge in [0, 0.05) is 26.0 Å². The summed E-state index contributed by atoms with van der Waals surface area (Å²) < 4.78 is 0. The van der Waals surface area contributed by atoms with Crippen LogP contribution in [-0.4, -0.2) is 18.0 Å². The Labute approximate surface area is 109 Å². The van der Waals surface area contributed by atoms with Crippen molar-refractivity contribution in [3.8, 4) is 0 Å². The average molecular weight is 307 g/mol. The van der Waals surface area contributed by atoms with Gasteiger partial charge in [0.05, 0.1) is 0 Å². The molecule has 0 spiro atoms. The zero-order chi connectivity index (χ0) is 8.23. The van der Waals surface area contributed by atoms with E-state index < -0.39 is 0 Å². The van der Waals surface area contributed by atoms with Crippen LogP contribution in [0.15, 0.2) is 24.3 Å². The van der Waals surface area contributed by atoms with Crippen molar-refractivity contribution < 1.29 is 19.5 Å². The van der Waals surface area contributed by atoms with Crippen molar-refractivity contribution in [3.63, 3.8) is 0 Å². The number of hydrogen-bond acceptors (Lipinski definition) is 1. The van der Waals surface area contributed by atoms with E-state index in [1.807, 2.05) is 12.1 Å². The topological polar surface area (TPSA) is 3.24 Å². The van der Waals surface area contributed by atoms with Crippen LogP contribution in [0.2, 0.25) is 0 Å². The molecule has 0 N–H and O–H groups in total. The van der Waals surface area contributed by atoms with E-state index in [1.54, 1.807) is 0 Å². The first-order chi connectivity index (χ1) is 5.95. The second kappa shape index (κ2) is 7.56. The van der Waals surface area contributed by atoms with E-state index in [4.69, 9.17) is 0 Å². The molecule has 0 atom stereocenters. The summed E-state index contributed by atoms with van der Waals surface area (Å²) in [5.41, 5.74) is 1.41. The number of benzene rings is 1. The van der Waals surface area contributed by atoms with E-state index in [-0.39, 0.29) is 36.5 Å². The van der Waals surface area contributed by atoms with Gasteiger partial charge in [-0.1, -0.05) is 0 Å². The number of likely N-dealkylation sites (tertiary alicyclic amines) is 1. The zero-order valence-corrected chi connectivity index (χ0v) is 13.1. The molecule has 1 aromatic carbocycles. The summed E-state index contributed by atoms with van der Waals surface area (Å²) in [7, 11) is 0. The molecule has 0 aromatic heterocycles. The van der Waals surface area contributed by atoms with Gasteiger partial charge < -0.3 is 4.90 Å². The van der Waals surface area contributed by atoms with Gasteiger partial charge in [0.2, 0.25) is 0 Å². The fraction of sp³-hybridized carbons (Fsp3) is 0.455. The summed E-state index contributed by atoms with van der Waals surface area (Å²) in [6, 6.07) is 11.3. The van der Waals surface area contributed by atoms with Crippen LogP contribution in [0.25, 0.3) is 0 Å². The van der Waals surface area contributed by atoms with Crippen LogP contribution in [0, 0.1) is 6.07 Å². The second-order valence-corrected chi connectivity index (χ2v) is 3.39. The molecule has 0 bridgehead atoms. The summed E-state index contributed by atoms with van der Waals surface area (Å²) in [6.07, 6.45) is 2.75. The maximum absolute atomic E-state index is 3.04. The zero-order valence-electron chi connectivity index (χ0n) is 8.41. The first-order valence-corrected chi connectivity index (χ1v) is 4.62. The molecular weight excluding hydrogens is 291 g/mol. The Balaban J connectivity index is 0.000000845. The Morgan fingerprint density at radius 2 is 1.71 bits per heavy atom. The quantitative estimate of drug-likeness (QED) is 0.600. The van der Waals surface area contributed by atoms with E-state index in [0.717, 1.165) is 6.54 Å². The fourth-order valence-corrected chi connectivity index (χ4v) is 1.73. The summed E-state index contributed by atoms with van der Waals surface area (Å²) in [5, 5.41) is 0. The molecule has 1 saturated heterocycles. The first-order valence-electron chi connectivity index (χ1n) is 4.62. The molecule has 1 aliphatic heterocycles. The van der Waals surface area contributed by atoms with Crippen LogP contribution in [0.5, 0.6) is 0 Å². The molecule has 0 unspecified atom stereocenters. The molecule has 2 rings (SSSR count). The smallest absolute Gasteiger partial charge is 0.00112 e. The van der Waals surface area contributed by atoms with Gasteiger partial charge in [0.25, 0.3) is 0 Å². The van der Waals surface area contributed by atoms with Crippen LogP contribution in [0.4, 0.5) is 0 Å². The Hall–Kier alpha value is 0.283. The molecule has 74 valence electrons. The van der Waals surface area contributed by atoms with Crippen molar-refractivity contribution in [3.05, 3.63) is 35.9 Å². The molecule has 1 nitrogen and oxygen atoms in total. The molecular formula is C11H15BrNZn-. The van der Waals surface area contributed by atoms with Crippen LogP contribution >= 0.6 is 17.0 Å². The largest absolute Gasteiger partial charge is 0.301 e. The summed E-state index contributed by atoms with van der Waals surface area (Å²) in [5.74, 6) is 0. The van der Waals surface area contributed by atoms with E-state index >= 15 is 0 Å². The molecule has 1 heterocycles. The van der Waals surface area contributed by atoms with Gasteiger partial charge in [-0.25, -0.2) is 0 Å². The third-order valence-corrected chi connectivity index (χ3v) is 2.39. The molecule has 1 aromatic rings. The predicted molar refractivity (Wildman–Crippen MR) is 60.1 cm³/mol. The molecule has 14 heavy (non-hydrogen) atoms. The van der Waals surface area contributed by atoms with Gasteiger partial charge in [-0.2, -0.15) is 30.3 Å². The Morgan fingerprint density at radius 1 is 1.14 bits per heavy atom. The third-order valence-electron chi connectivity index (χ3n) is 2.39. The third kappa shape index (κ3) is 4.21.